The lowest BCUT2D eigenvalue weighted by molar-refractivity contribution is -0.141. The predicted octanol–water partition coefficient (Wildman–Crippen LogP) is 3.06. The minimum Gasteiger partial charge on any atom is -0.481 e. The maximum atomic E-state index is 12.2. The van der Waals surface area contributed by atoms with Gasteiger partial charge in [0.15, 0.2) is 0 Å². The van der Waals surface area contributed by atoms with Crippen molar-refractivity contribution in [1.82, 2.24) is 9.88 Å². The first-order valence-corrected chi connectivity index (χ1v) is 8.22. The Bertz CT molecular complexity index is 726. The molecule has 1 aliphatic rings. The second kappa shape index (κ2) is 6.37. The molecule has 1 aromatic heterocycles. The quantitative estimate of drug-likeness (QED) is 0.905. The first kappa shape index (κ1) is 15.5. The highest BCUT2D eigenvalue weighted by molar-refractivity contribution is 7.13. The van der Waals surface area contributed by atoms with E-state index in [-0.39, 0.29) is 12.6 Å². The molecule has 0 spiro atoms. The Labute approximate surface area is 137 Å². The number of hydrogen-bond donors (Lipinski definition) is 2. The van der Waals surface area contributed by atoms with Gasteiger partial charge in [-0.3, -0.25) is 4.79 Å². The van der Waals surface area contributed by atoms with Crippen molar-refractivity contribution in [1.29, 1.82) is 0 Å². The number of hydrogen-bond acceptors (Lipinski definition) is 4. The van der Waals surface area contributed by atoms with E-state index >= 15 is 0 Å². The number of urea groups is 1. The third-order valence-corrected chi connectivity index (χ3v) is 4.84. The third-order valence-electron chi connectivity index (χ3n) is 3.83. The fourth-order valence-corrected chi connectivity index (χ4v) is 3.34. The standard InChI is InChI=1S/C16H17N3O3S/c1-10-9-23-14(17-10)11-2-4-13(5-3-11)18-16(22)19-7-6-12(8-19)15(20)21/h2-5,9,12H,6-8H2,1H3,(H,18,22)(H,20,21). The fourth-order valence-electron chi connectivity index (χ4n) is 2.53. The van der Waals surface area contributed by atoms with Crippen molar-refractivity contribution in [2.24, 2.45) is 5.92 Å². The van der Waals surface area contributed by atoms with Gasteiger partial charge in [0.05, 0.1) is 5.92 Å². The van der Waals surface area contributed by atoms with Crippen LogP contribution in [0.1, 0.15) is 12.1 Å². The molecule has 0 saturated carbocycles. The van der Waals surface area contributed by atoms with Crippen molar-refractivity contribution >= 4 is 29.0 Å². The van der Waals surface area contributed by atoms with Crippen molar-refractivity contribution in [2.45, 2.75) is 13.3 Å². The molecular formula is C16H17N3O3S. The molecule has 120 valence electrons. The zero-order valence-corrected chi connectivity index (χ0v) is 13.5. The molecular weight excluding hydrogens is 314 g/mol. The lowest BCUT2D eigenvalue weighted by Crippen LogP contribution is -2.33. The Morgan fingerprint density at radius 1 is 1.35 bits per heavy atom. The lowest BCUT2D eigenvalue weighted by atomic mass is 10.1. The number of carboxylic acids is 1. The minimum atomic E-state index is -0.844. The third kappa shape index (κ3) is 3.50. The molecule has 1 atom stereocenters. The number of amides is 2. The van der Waals surface area contributed by atoms with E-state index < -0.39 is 11.9 Å². The molecule has 1 unspecified atom stereocenters. The molecule has 0 radical (unpaired) electrons. The molecule has 7 heteroatoms. The predicted molar refractivity (Wildman–Crippen MR) is 88.6 cm³/mol. The summed E-state index contributed by atoms with van der Waals surface area (Å²) >= 11 is 1.58. The van der Waals surface area contributed by atoms with Gasteiger partial charge < -0.3 is 15.3 Å². The van der Waals surface area contributed by atoms with Crippen LogP contribution in [0.3, 0.4) is 0 Å². The van der Waals surface area contributed by atoms with Gasteiger partial charge in [0.25, 0.3) is 0 Å². The summed E-state index contributed by atoms with van der Waals surface area (Å²) in [5, 5.41) is 14.7. The molecule has 2 heterocycles. The Hall–Kier alpha value is -2.41. The van der Waals surface area contributed by atoms with Crippen LogP contribution in [-0.2, 0) is 4.79 Å². The summed E-state index contributed by atoms with van der Waals surface area (Å²) in [5.41, 5.74) is 2.68. The summed E-state index contributed by atoms with van der Waals surface area (Å²) in [5.74, 6) is -1.31. The van der Waals surface area contributed by atoms with Crippen LogP contribution in [0.25, 0.3) is 10.6 Å². The first-order chi connectivity index (χ1) is 11.0. The smallest absolute Gasteiger partial charge is 0.321 e. The van der Waals surface area contributed by atoms with Crippen molar-refractivity contribution in [3.63, 3.8) is 0 Å². The van der Waals surface area contributed by atoms with Gasteiger partial charge in [0.2, 0.25) is 0 Å². The molecule has 2 amide bonds. The van der Waals surface area contributed by atoms with Crippen molar-refractivity contribution in [2.75, 3.05) is 18.4 Å². The summed E-state index contributed by atoms with van der Waals surface area (Å²) in [6.45, 7) is 2.69. The molecule has 0 bridgehead atoms. The van der Waals surface area contributed by atoms with Gasteiger partial charge in [-0.1, -0.05) is 0 Å². The van der Waals surface area contributed by atoms with Crippen LogP contribution in [0.15, 0.2) is 29.6 Å². The van der Waals surface area contributed by atoms with E-state index in [1.165, 1.54) is 4.90 Å². The number of rotatable bonds is 3. The largest absolute Gasteiger partial charge is 0.481 e. The number of carboxylic acid groups (broad SMARTS) is 1. The number of aliphatic carboxylic acids is 1. The maximum absolute atomic E-state index is 12.2. The first-order valence-electron chi connectivity index (χ1n) is 7.34. The highest BCUT2D eigenvalue weighted by Crippen LogP contribution is 2.25. The average molecular weight is 331 g/mol. The topological polar surface area (TPSA) is 82.5 Å². The summed E-state index contributed by atoms with van der Waals surface area (Å²) in [7, 11) is 0. The molecule has 1 aromatic carbocycles. The average Bonchev–Trinajstić information content (AvgIpc) is 3.17. The molecule has 1 saturated heterocycles. The van der Waals surface area contributed by atoms with Crippen LogP contribution in [0.2, 0.25) is 0 Å². The van der Waals surface area contributed by atoms with Crippen LogP contribution in [0, 0.1) is 12.8 Å². The number of nitrogens with one attached hydrogen (secondary N) is 1. The van der Waals surface area contributed by atoms with Crippen molar-refractivity contribution in [3.05, 3.63) is 35.3 Å². The minimum absolute atomic E-state index is 0.258. The lowest BCUT2D eigenvalue weighted by Gasteiger charge is -2.16. The van der Waals surface area contributed by atoms with Crippen LogP contribution in [-0.4, -0.2) is 40.1 Å². The van der Waals surface area contributed by atoms with E-state index in [0.717, 1.165) is 16.3 Å². The van der Waals surface area contributed by atoms with Gasteiger partial charge in [-0.2, -0.15) is 0 Å². The van der Waals surface area contributed by atoms with Crippen LogP contribution in [0.4, 0.5) is 10.5 Å². The number of likely N-dealkylation sites (tertiary alicyclic amines) is 1. The molecule has 1 aliphatic heterocycles. The number of anilines is 1. The van der Waals surface area contributed by atoms with E-state index in [2.05, 4.69) is 10.3 Å². The number of carbonyl (C=O) groups is 2. The van der Waals surface area contributed by atoms with E-state index in [9.17, 15) is 9.59 Å². The molecule has 0 aliphatic carbocycles. The fraction of sp³-hybridized carbons (Fsp3) is 0.312. The van der Waals surface area contributed by atoms with E-state index in [0.29, 0.717) is 18.7 Å². The number of benzene rings is 1. The van der Waals surface area contributed by atoms with Gasteiger partial charge in [-0.05, 0) is 37.6 Å². The van der Waals surface area contributed by atoms with Gasteiger partial charge in [0, 0.05) is 35.4 Å². The van der Waals surface area contributed by atoms with Gasteiger partial charge in [-0.15, -0.1) is 11.3 Å². The number of aryl methyl sites for hydroxylation is 1. The Morgan fingerprint density at radius 2 is 2.09 bits per heavy atom. The number of nitrogens with zero attached hydrogens (tertiary/aromatic N) is 2. The zero-order chi connectivity index (χ0) is 16.4. The van der Waals surface area contributed by atoms with Crippen molar-refractivity contribution < 1.29 is 14.7 Å². The molecule has 2 aromatic rings. The van der Waals surface area contributed by atoms with Gasteiger partial charge >= 0.3 is 12.0 Å². The van der Waals surface area contributed by atoms with E-state index in [4.69, 9.17) is 5.11 Å². The Morgan fingerprint density at radius 3 is 2.65 bits per heavy atom. The van der Waals surface area contributed by atoms with Crippen LogP contribution in [0.5, 0.6) is 0 Å². The Balaban J connectivity index is 1.62. The number of carbonyl (C=O) groups excluding carboxylic acids is 1. The van der Waals surface area contributed by atoms with E-state index in [1.807, 2.05) is 36.6 Å². The van der Waals surface area contributed by atoms with E-state index in [1.54, 1.807) is 11.3 Å². The molecule has 6 nitrogen and oxygen atoms in total. The molecule has 2 N–H and O–H groups in total. The molecule has 23 heavy (non-hydrogen) atoms. The summed E-state index contributed by atoms with van der Waals surface area (Å²) in [4.78, 5) is 29.1. The van der Waals surface area contributed by atoms with Crippen LogP contribution < -0.4 is 5.32 Å². The SMILES string of the molecule is Cc1csc(-c2ccc(NC(=O)N3CCC(C(=O)O)C3)cc2)n1. The number of thiazole rings is 1. The molecule has 3 rings (SSSR count). The number of aromatic nitrogens is 1. The normalized spacial score (nSPS) is 17.3. The monoisotopic (exact) mass is 331 g/mol. The van der Waals surface area contributed by atoms with Crippen LogP contribution >= 0.6 is 11.3 Å². The highest BCUT2D eigenvalue weighted by atomic mass is 32.1. The molecule has 1 fully saturated rings. The second-order valence-electron chi connectivity index (χ2n) is 5.57. The Kier molecular flexibility index (Phi) is 4.29. The summed E-state index contributed by atoms with van der Waals surface area (Å²) < 4.78 is 0. The van der Waals surface area contributed by atoms with Gasteiger partial charge in [-0.25, -0.2) is 9.78 Å². The summed E-state index contributed by atoms with van der Waals surface area (Å²) in [6.07, 6.45) is 0.505. The maximum Gasteiger partial charge on any atom is 0.321 e. The zero-order valence-electron chi connectivity index (χ0n) is 12.7. The second-order valence-corrected chi connectivity index (χ2v) is 6.43. The summed E-state index contributed by atoms with van der Waals surface area (Å²) in [6, 6.07) is 7.23. The van der Waals surface area contributed by atoms with Gasteiger partial charge in [0.1, 0.15) is 5.01 Å². The van der Waals surface area contributed by atoms with Crippen molar-refractivity contribution in [3.8, 4) is 10.6 Å². The highest BCUT2D eigenvalue weighted by Gasteiger charge is 2.30.